The largest absolute Gasteiger partial charge is 0.496 e. The number of nitrogens with one attached hydrogen (secondary N) is 1. The molecule has 18 heavy (non-hydrogen) atoms. The number of carbonyl (C=O) groups is 1. The Bertz CT molecular complexity index is 425. The van der Waals surface area contributed by atoms with Crippen LogP contribution in [0.4, 0.5) is 0 Å². The van der Waals surface area contributed by atoms with E-state index in [4.69, 9.17) is 4.74 Å². The van der Waals surface area contributed by atoms with Gasteiger partial charge in [0.25, 0.3) is 0 Å². The normalized spacial score (nSPS) is 14.6. The van der Waals surface area contributed by atoms with Crippen molar-refractivity contribution in [2.24, 2.45) is 0 Å². The third kappa shape index (κ3) is 3.84. The van der Waals surface area contributed by atoms with E-state index in [2.05, 4.69) is 5.32 Å². The number of Topliss-reactive ketones (excluding diaryl/α,β-unsaturated/α-hetero) is 1. The maximum absolute atomic E-state index is 11.9. The van der Waals surface area contributed by atoms with Gasteiger partial charge in [-0.2, -0.15) is 0 Å². The van der Waals surface area contributed by atoms with Crippen LogP contribution in [0.3, 0.4) is 0 Å². The van der Waals surface area contributed by atoms with Crippen molar-refractivity contribution in [3.05, 3.63) is 29.3 Å². The minimum absolute atomic E-state index is 0.270. The van der Waals surface area contributed by atoms with Crippen LogP contribution in [0.2, 0.25) is 0 Å². The molecule has 1 aliphatic rings. The summed E-state index contributed by atoms with van der Waals surface area (Å²) < 4.78 is 5.29. The molecule has 0 saturated heterocycles. The SMILES string of the molecule is COc1ccc(C)cc1CC(=O)CCNC1CC1. The maximum Gasteiger partial charge on any atom is 0.138 e. The van der Waals surface area contributed by atoms with Gasteiger partial charge in [-0.25, -0.2) is 0 Å². The van der Waals surface area contributed by atoms with Crippen LogP contribution >= 0.6 is 0 Å². The number of ketones is 1. The van der Waals surface area contributed by atoms with Gasteiger partial charge in [-0.1, -0.05) is 17.7 Å². The Kier molecular flexibility index (Phi) is 4.37. The van der Waals surface area contributed by atoms with Crippen LogP contribution in [0.25, 0.3) is 0 Å². The number of ether oxygens (including phenoxy) is 1. The minimum atomic E-state index is 0.270. The molecule has 0 aromatic heterocycles. The summed E-state index contributed by atoms with van der Waals surface area (Å²) in [5.41, 5.74) is 2.16. The third-order valence-electron chi connectivity index (χ3n) is 3.24. The first kappa shape index (κ1) is 13.1. The highest BCUT2D eigenvalue weighted by molar-refractivity contribution is 5.81. The molecule has 0 heterocycles. The van der Waals surface area contributed by atoms with Crippen LogP contribution in [0.1, 0.15) is 30.4 Å². The summed E-state index contributed by atoms with van der Waals surface area (Å²) in [7, 11) is 1.65. The predicted molar refractivity (Wildman–Crippen MR) is 72.1 cm³/mol. The van der Waals surface area contributed by atoms with Crippen molar-refractivity contribution in [1.29, 1.82) is 0 Å². The molecular formula is C15H21NO2. The first-order valence-electron chi connectivity index (χ1n) is 6.57. The van der Waals surface area contributed by atoms with E-state index in [9.17, 15) is 4.79 Å². The molecule has 2 rings (SSSR count). The van der Waals surface area contributed by atoms with Gasteiger partial charge in [-0.3, -0.25) is 4.79 Å². The molecule has 0 amide bonds. The van der Waals surface area contributed by atoms with Crippen molar-refractivity contribution < 1.29 is 9.53 Å². The van der Waals surface area contributed by atoms with Gasteiger partial charge in [0.15, 0.2) is 0 Å². The van der Waals surface area contributed by atoms with Crippen LogP contribution in [-0.2, 0) is 11.2 Å². The molecule has 0 atom stereocenters. The lowest BCUT2D eigenvalue weighted by Crippen LogP contribution is -2.21. The molecule has 3 heteroatoms. The molecule has 0 spiro atoms. The van der Waals surface area contributed by atoms with Crippen LogP contribution < -0.4 is 10.1 Å². The lowest BCUT2D eigenvalue weighted by molar-refractivity contribution is -0.118. The lowest BCUT2D eigenvalue weighted by Gasteiger charge is -2.09. The average molecular weight is 247 g/mol. The molecule has 1 aromatic rings. The monoisotopic (exact) mass is 247 g/mol. The zero-order chi connectivity index (χ0) is 13.0. The van der Waals surface area contributed by atoms with E-state index in [1.54, 1.807) is 7.11 Å². The highest BCUT2D eigenvalue weighted by Crippen LogP contribution is 2.21. The molecule has 98 valence electrons. The fourth-order valence-electron chi connectivity index (χ4n) is 2.05. The van der Waals surface area contributed by atoms with Crippen molar-refractivity contribution in [3.63, 3.8) is 0 Å². The van der Waals surface area contributed by atoms with Crippen LogP contribution in [0, 0.1) is 6.92 Å². The first-order valence-corrected chi connectivity index (χ1v) is 6.57. The number of hydrogen-bond donors (Lipinski definition) is 1. The smallest absolute Gasteiger partial charge is 0.138 e. The van der Waals surface area contributed by atoms with Gasteiger partial charge in [-0.05, 0) is 25.8 Å². The molecule has 1 saturated carbocycles. The number of aryl methyl sites for hydroxylation is 1. The summed E-state index contributed by atoms with van der Waals surface area (Å²) in [6.45, 7) is 2.83. The van der Waals surface area contributed by atoms with E-state index < -0.39 is 0 Å². The fraction of sp³-hybridized carbons (Fsp3) is 0.533. The summed E-state index contributed by atoms with van der Waals surface area (Å²) >= 11 is 0. The number of rotatable bonds is 7. The molecule has 0 radical (unpaired) electrons. The van der Waals surface area contributed by atoms with Gasteiger partial charge in [-0.15, -0.1) is 0 Å². The Morgan fingerprint density at radius 1 is 1.44 bits per heavy atom. The number of carbonyl (C=O) groups excluding carboxylic acids is 1. The van der Waals surface area contributed by atoms with Crippen LogP contribution in [-0.4, -0.2) is 25.5 Å². The summed E-state index contributed by atoms with van der Waals surface area (Å²) in [6.07, 6.45) is 3.60. The molecule has 1 aliphatic carbocycles. The van der Waals surface area contributed by atoms with Gasteiger partial charge < -0.3 is 10.1 Å². The molecule has 1 N–H and O–H groups in total. The van der Waals surface area contributed by atoms with Crippen molar-refractivity contribution in [3.8, 4) is 5.75 Å². The predicted octanol–water partition coefficient (Wildman–Crippen LogP) is 2.26. The summed E-state index contributed by atoms with van der Waals surface area (Å²) in [5, 5.41) is 3.36. The highest BCUT2D eigenvalue weighted by Gasteiger charge is 2.20. The standard InChI is InChI=1S/C15H21NO2/c1-11-3-6-15(18-2)12(9-11)10-14(17)7-8-16-13-4-5-13/h3,6,9,13,16H,4-5,7-8,10H2,1-2H3. The zero-order valence-electron chi connectivity index (χ0n) is 11.2. The Labute approximate surface area is 109 Å². The van der Waals surface area contributed by atoms with Crippen LogP contribution in [0.5, 0.6) is 5.75 Å². The second-order valence-electron chi connectivity index (χ2n) is 5.01. The van der Waals surface area contributed by atoms with Crippen molar-refractivity contribution in [2.75, 3.05) is 13.7 Å². The van der Waals surface area contributed by atoms with Crippen molar-refractivity contribution in [1.82, 2.24) is 5.32 Å². The highest BCUT2D eigenvalue weighted by atomic mass is 16.5. The van der Waals surface area contributed by atoms with Gasteiger partial charge in [0.2, 0.25) is 0 Å². The topological polar surface area (TPSA) is 38.3 Å². The fourth-order valence-corrected chi connectivity index (χ4v) is 2.05. The molecule has 0 aliphatic heterocycles. The summed E-state index contributed by atoms with van der Waals surface area (Å²) in [4.78, 5) is 11.9. The van der Waals surface area contributed by atoms with Crippen molar-refractivity contribution in [2.45, 2.75) is 38.6 Å². The molecular weight excluding hydrogens is 226 g/mol. The number of benzene rings is 1. The Morgan fingerprint density at radius 3 is 2.89 bits per heavy atom. The molecule has 1 aromatic carbocycles. The Hall–Kier alpha value is -1.35. The van der Waals surface area contributed by atoms with E-state index in [0.29, 0.717) is 18.9 Å². The minimum Gasteiger partial charge on any atom is -0.496 e. The Balaban J connectivity index is 1.86. The van der Waals surface area contributed by atoms with E-state index in [1.165, 1.54) is 12.8 Å². The van der Waals surface area contributed by atoms with Crippen molar-refractivity contribution >= 4 is 5.78 Å². The lowest BCUT2D eigenvalue weighted by atomic mass is 10.0. The van der Waals surface area contributed by atoms with Crippen LogP contribution in [0.15, 0.2) is 18.2 Å². The molecule has 1 fully saturated rings. The summed E-state index contributed by atoms with van der Waals surface area (Å²) in [5.74, 6) is 1.08. The quantitative estimate of drug-likeness (QED) is 0.803. The number of methoxy groups -OCH3 is 1. The third-order valence-corrected chi connectivity index (χ3v) is 3.24. The average Bonchev–Trinajstić information content (AvgIpc) is 3.13. The van der Waals surface area contributed by atoms with E-state index in [-0.39, 0.29) is 5.78 Å². The summed E-state index contributed by atoms with van der Waals surface area (Å²) in [6, 6.07) is 6.64. The van der Waals surface area contributed by atoms with Gasteiger partial charge in [0.05, 0.1) is 7.11 Å². The Morgan fingerprint density at radius 2 is 2.22 bits per heavy atom. The van der Waals surface area contributed by atoms with E-state index >= 15 is 0 Å². The molecule has 0 unspecified atom stereocenters. The molecule has 3 nitrogen and oxygen atoms in total. The number of hydrogen-bond acceptors (Lipinski definition) is 3. The van der Waals surface area contributed by atoms with Gasteiger partial charge >= 0.3 is 0 Å². The first-order chi connectivity index (χ1) is 8.69. The second kappa shape index (κ2) is 6.01. The van der Waals surface area contributed by atoms with E-state index in [0.717, 1.165) is 23.4 Å². The maximum atomic E-state index is 11.9. The molecule has 0 bridgehead atoms. The zero-order valence-corrected chi connectivity index (χ0v) is 11.2. The van der Waals surface area contributed by atoms with Gasteiger partial charge in [0.1, 0.15) is 11.5 Å². The van der Waals surface area contributed by atoms with Gasteiger partial charge in [0, 0.05) is 31.0 Å². The second-order valence-corrected chi connectivity index (χ2v) is 5.01. The van der Waals surface area contributed by atoms with E-state index in [1.807, 2.05) is 25.1 Å².